The molecule has 0 fully saturated rings. The van der Waals surface area contributed by atoms with Crippen LogP contribution in [0.1, 0.15) is 16.7 Å². The van der Waals surface area contributed by atoms with Crippen LogP contribution in [-0.4, -0.2) is 15.6 Å². The Bertz CT molecular complexity index is 513. The molecule has 4 heteroatoms. The van der Waals surface area contributed by atoms with Crippen LogP contribution in [0.3, 0.4) is 0 Å². The average Bonchev–Trinajstić information content (AvgIpc) is 2.70. The Morgan fingerprint density at radius 2 is 2.19 bits per heavy atom. The molecule has 4 nitrogen and oxygen atoms in total. The quantitative estimate of drug-likeness (QED) is 0.601. The van der Waals surface area contributed by atoms with Gasteiger partial charge in [0.25, 0.3) is 0 Å². The third-order valence-electron chi connectivity index (χ3n) is 2.54. The standard InChI is InChI=1S/C12H14N4/c1-9-4-2-3-5-10(9)7-16-8-11(6-15-16)12(13)14/h2-6,8H,7H2,1H3,(H3,13,14). The van der Waals surface area contributed by atoms with Gasteiger partial charge in [0, 0.05) is 6.20 Å². The average molecular weight is 214 g/mol. The highest BCUT2D eigenvalue weighted by molar-refractivity contribution is 5.94. The van der Waals surface area contributed by atoms with Gasteiger partial charge in [-0.3, -0.25) is 10.1 Å². The second-order valence-electron chi connectivity index (χ2n) is 3.77. The minimum absolute atomic E-state index is 0.0519. The fraction of sp³-hybridized carbons (Fsp3) is 0.167. The summed E-state index contributed by atoms with van der Waals surface area (Å²) in [5, 5.41) is 11.5. The van der Waals surface area contributed by atoms with Crippen LogP contribution in [-0.2, 0) is 6.54 Å². The fourth-order valence-electron chi connectivity index (χ4n) is 1.55. The molecule has 0 saturated heterocycles. The van der Waals surface area contributed by atoms with Crippen molar-refractivity contribution in [1.82, 2.24) is 9.78 Å². The van der Waals surface area contributed by atoms with Crippen molar-refractivity contribution in [2.45, 2.75) is 13.5 Å². The molecule has 2 aromatic rings. The lowest BCUT2D eigenvalue weighted by atomic mass is 10.1. The van der Waals surface area contributed by atoms with Crippen LogP contribution in [0.5, 0.6) is 0 Å². The fourth-order valence-corrected chi connectivity index (χ4v) is 1.55. The van der Waals surface area contributed by atoms with Crippen molar-refractivity contribution >= 4 is 5.84 Å². The van der Waals surface area contributed by atoms with Crippen LogP contribution in [0.15, 0.2) is 36.7 Å². The highest BCUT2D eigenvalue weighted by Gasteiger charge is 2.03. The van der Waals surface area contributed by atoms with Crippen molar-refractivity contribution in [2.24, 2.45) is 5.73 Å². The summed E-state index contributed by atoms with van der Waals surface area (Å²) in [4.78, 5) is 0. The number of nitrogen functional groups attached to an aromatic ring is 1. The van der Waals surface area contributed by atoms with E-state index in [1.54, 1.807) is 17.1 Å². The van der Waals surface area contributed by atoms with E-state index >= 15 is 0 Å². The normalized spacial score (nSPS) is 10.3. The summed E-state index contributed by atoms with van der Waals surface area (Å²) in [5.41, 5.74) is 8.50. The van der Waals surface area contributed by atoms with Gasteiger partial charge in [-0.15, -0.1) is 0 Å². The summed E-state index contributed by atoms with van der Waals surface area (Å²) in [6.07, 6.45) is 3.40. The summed E-state index contributed by atoms with van der Waals surface area (Å²) in [6.45, 7) is 2.78. The number of amidine groups is 1. The molecule has 0 unspecified atom stereocenters. The van der Waals surface area contributed by atoms with Crippen molar-refractivity contribution < 1.29 is 0 Å². The van der Waals surface area contributed by atoms with E-state index in [4.69, 9.17) is 11.1 Å². The van der Waals surface area contributed by atoms with Gasteiger partial charge in [-0.25, -0.2) is 0 Å². The SMILES string of the molecule is Cc1ccccc1Cn1cc(C(=N)N)cn1. The number of benzene rings is 1. The van der Waals surface area contributed by atoms with Crippen molar-refractivity contribution in [1.29, 1.82) is 5.41 Å². The molecule has 0 bridgehead atoms. The lowest BCUT2D eigenvalue weighted by molar-refractivity contribution is 0.684. The zero-order valence-electron chi connectivity index (χ0n) is 9.14. The lowest BCUT2D eigenvalue weighted by Crippen LogP contribution is -2.09. The predicted octanol–water partition coefficient (Wildman–Crippen LogP) is 1.52. The third kappa shape index (κ3) is 2.11. The van der Waals surface area contributed by atoms with Gasteiger partial charge in [0.15, 0.2) is 0 Å². The largest absolute Gasteiger partial charge is 0.384 e. The predicted molar refractivity (Wildman–Crippen MR) is 63.5 cm³/mol. The number of aromatic nitrogens is 2. The Morgan fingerprint density at radius 1 is 1.44 bits per heavy atom. The van der Waals surface area contributed by atoms with Crippen LogP contribution in [0.4, 0.5) is 0 Å². The molecule has 0 aliphatic heterocycles. The van der Waals surface area contributed by atoms with Gasteiger partial charge in [0.1, 0.15) is 5.84 Å². The van der Waals surface area contributed by atoms with E-state index in [2.05, 4.69) is 24.2 Å². The smallest absolute Gasteiger partial charge is 0.125 e. The van der Waals surface area contributed by atoms with E-state index in [0.717, 1.165) is 0 Å². The molecule has 2 rings (SSSR count). The van der Waals surface area contributed by atoms with E-state index < -0.39 is 0 Å². The van der Waals surface area contributed by atoms with Gasteiger partial charge in [0.2, 0.25) is 0 Å². The van der Waals surface area contributed by atoms with E-state index in [0.29, 0.717) is 12.1 Å². The minimum Gasteiger partial charge on any atom is -0.384 e. The number of nitrogens with zero attached hydrogens (tertiary/aromatic N) is 2. The summed E-state index contributed by atoms with van der Waals surface area (Å²) in [6, 6.07) is 8.18. The first-order valence-electron chi connectivity index (χ1n) is 5.08. The third-order valence-corrected chi connectivity index (χ3v) is 2.54. The molecule has 1 aromatic carbocycles. The van der Waals surface area contributed by atoms with Crippen molar-refractivity contribution in [3.05, 3.63) is 53.3 Å². The maximum atomic E-state index is 7.30. The van der Waals surface area contributed by atoms with Crippen LogP contribution < -0.4 is 5.73 Å². The number of nitrogens with one attached hydrogen (secondary N) is 1. The number of hydrogen-bond donors (Lipinski definition) is 2. The van der Waals surface area contributed by atoms with E-state index in [1.165, 1.54) is 11.1 Å². The van der Waals surface area contributed by atoms with E-state index in [-0.39, 0.29) is 5.84 Å². The first-order valence-corrected chi connectivity index (χ1v) is 5.08. The molecule has 1 aromatic heterocycles. The number of rotatable bonds is 3. The Hall–Kier alpha value is -2.10. The van der Waals surface area contributed by atoms with Crippen LogP contribution in [0, 0.1) is 12.3 Å². The highest BCUT2D eigenvalue weighted by atomic mass is 15.3. The second kappa shape index (κ2) is 4.18. The summed E-state index contributed by atoms with van der Waals surface area (Å²) in [5.74, 6) is 0.0519. The molecule has 1 heterocycles. The molecule has 0 aliphatic carbocycles. The molecular weight excluding hydrogens is 200 g/mol. The molecule has 0 spiro atoms. The Kier molecular flexibility index (Phi) is 2.72. The molecule has 82 valence electrons. The van der Waals surface area contributed by atoms with Crippen molar-refractivity contribution in [2.75, 3.05) is 0 Å². The van der Waals surface area contributed by atoms with E-state index in [1.807, 2.05) is 12.1 Å². The lowest BCUT2D eigenvalue weighted by Gasteiger charge is -2.04. The van der Waals surface area contributed by atoms with Gasteiger partial charge in [0.05, 0.1) is 18.3 Å². The minimum atomic E-state index is 0.0519. The highest BCUT2D eigenvalue weighted by Crippen LogP contribution is 2.09. The van der Waals surface area contributed by atoms with Crippen molar-refractivity contribution in [3.63, 3.8) is 0 Å². The molecule has 0 saturated carbocycles. The summed E-state index contributed by atoms with van der Waals surface area (Å²) < 4.78 is 1.79. The Labute approximate surface area is 94.2 Å². The molecular formula is C12H14N4. The first kappa shape index (κ1) is 10.4. The molecule has 0 aliphatic rings. The summed E-state index contributed by atoms with van der Waals surface area (Å²) >= 11 is 0. The van der Waals surface area contributed by atoms with Crippen molar-refractivity contribution in [3.8, 4) is 0 Å². The van der Waals surface area contributed by atoms with Gasteiger partial charge < -0.3 is 5.73 Å². The van der Waals surface area contributed by atoms with Gasteiger partial charge >= 0.3 is 0 Å². The molecule has 16 heavy (non-hydrogen) atoms. The number of nitrogens with two attached hydrogens (primary N) is 1. The van der Waals surface area contributed by atoms with Gasteiger partial charge in [-0.1, -0.05) is 24.3 Å². The topological polar surface area (TPSA) is 67.7 Å². The van der Waals surface area contributed by atoms with Crippen LogP contribution >= 0.6 is 0 Å². The Morgan fingerprint density at radius 3 is 2.81 bits per heavy atom. The zero-order valence-corrected chi connectivity index (χ0v) is 9.14. The number of aryl methyl sites for hydroxylation is 1. The zero-order chi connectivity index (χ0) is 11.5. The molecule has 0 amide bonds. The molecule has 3 N–H and O–H groups in total. The van der Waals surface area contributed by atoms with Gasteiger partial charge in [-0.05, 0) is 18.1 Å². The van der Waals surface area contributed by atoms with Crippen LogP contribution in [0.2, 0.25) is 0 Å². The van der Waals surface area contributed by atoms with Gasteiger partial charge in [-0.2, -0.15) is 5.10 Å². The maximum absolute atomic E-state index is 7.30. The summed E-state index contributed by atoms with van der Waals surface area (Å²) in [7, 11) is 0. The Balaban J connectivity index is 2.21. The second-order valence-corrected chi connectivity index (χ2v) is 3.77. The number of hydrogen-bond acceptors (Lipinski definition) is 2. The maximum Gasteiger partial charge on any atom is 0.125 e. The van der Waals surface area contributed by atoms with E-state index in [9.17, 15) is 0 Å². The monoisotopic (exact) mass is 214 g/mol. The molecule has 0 radical (unpaired) electrons. The first-order chi connectivity index (χ1) is 7.66. The molecule has 0 atom stereocenters. The van der Waals surface area contributed by atoms with Crippen LogP contribution in [0.25, 0.3) is 0 Å².